The first-order valence-electron chi connectivity index (χ1n) is 5.49. The van der Waals surface area contributed by atoms with E-state index in [-0.39, 0.29) is 11.9 Å². The number of hydrogen-bond acceptors (Lipinski definition) is 3. The number of aromatic amines is 1. The highest BCUT2D eigenvalue weighted by atomic mass is 16.5. The summed E-state index contributed by atoms with van der Waals surface area (Å²) in [6.07, 6.45) is 2.62. The van der Waals surface area contributed by atoms with Crippen LogP contribution in [0.2, 0.25) is 0 Å². The third kappa shape index (κ3) is 2.36. The maximum absolute atomic E-state index is 11.8. The van der Waals surface area contributed by atoms with E-state index in [4.69, 9.17) is 10.5 Å². The highest BCUT2D eigenvalue weighted by Gasteiger charge is 2.24. The van der Waals surface area contributed by atoms with E-state index in [0.717, 1.165) is 19.6 Å². The first-order valence-corrected chi connectivity index (χ1v) is 5.49. The summed E-state index contributed by atoms with van der Waals surface area (Å²) in [5, 5.41) is 2.95. The zero-order valence-corrected chi connectivity index (χ0v) is 9.32. The van der Waals surface area contributed by atoms with Crippen molar-refractivity contribution in [1.82, 2.24) is 10.3 Å². The van der Waals surface area contributed by atoms with Crippen LogP contribution in [0.15, 0.2) is 12.3 Å². The van der Waals surface area contributed by atoms with Gasteiger partial charge in [-0.15, -0.1) is 0 Å². The molecule has 16 heavy (non-hydrogen) atoms. The first-order chi connectivity index (χ1) is 7.66. The molecule has 5 nitrogen and oxygen atoms in total. The molecule has 2 atom stereocenters. The van der Waals surface area contributed by atoms with E-state index in [1.54, 1.807) is 12.3 Å². The van der Waals surface area contributed by atoms with Crippen molar-refractivity contribution in [3.8, 4) is 0 Å². The quantitative estimate of drug-likeness (QED) is 0.707. The Balaban J connectivity index is 1.91. The standard InChI is InChI=1S/C11H17N3O2/c1-7(8-2-3-16-6-8)14-11(15)10-4-9(12)5-13-10/h4-5,7-8,13H,2-3,6,12H2,1H3,(H,14,15). The van der Waals surface area contributed by atoms with Crippen LogP contribution in [-0.4, -0.2) is 30.1 Å². The van der Waals surface area contributed by atoms with Gasteiger partial charge in [-0.05, 0) is 19.4 Å². The molecule has 4 N–H and O–H groups in total. The average molecular weight is 223 g/mol. The average Bonchev–Trinajstić information content (AvgIpc) is 2.87. The van der Waals surface area contributed by atoms with Crippen molar-refractivity contribution < 1.29 is 9.53 Å². The third-order valence-electron chi connectivity index (χ3n) is 2.98. The number of amides is 1. The largest absolute Gasteiger partial charge is 0.397 e. The molecular formula is C11H17N3O2. The monoisotopic (exact) mass is 223 g/mol. The molecular weight excluding hydrogens is 206 g/mol. The molecule has 2 heterocycles. The Bertz CT molecular complexity index is 369. The van der Waals surface area contributed by atoms with E-state index >= 15 is 0 Å². The molecule has 1 aliphatic rings. The minimum Gasteiger partial charge on any atom is -0.397 e. The molecule has 1 aliphatic heterocycles. The number of nitrogens with two attached hydrogens (primary N) is 1. The van der Waals surface area contributed by atoms with Crippen molar-refractivity contribution in [1.29, 1.82) is 0 Å². The topological polar surface area (TPSA) is 80.1 Å². The zero-order chi connectivity index (χ0) is 11.5. The van der Waals surface area contributed by atoms with E-state index in [1.807, 2.05) is 6.92 Å². The van der Waals surface area contributed by atoms with Gasteiger partial charge in [-0.3, -0.25) is 4.79 Å². The third-order valence-corrected chi connectivity index (χ3v) is 2.98. The summed E-state index contributed by atoms with van der Waals surface area (Å²) >= 11 is 0. The van der Waals surface area contributed by atoms with Crippen molar-refractivity contribution in [3.05, 3.63) is 18.0 Å². The second-order valence-corrected chi connectivity index (χ2v) is 4.23. The smallest absolute Gasteiger partial charge is 0.267 e. The van der Waals surface area contributed by atoms with Crippen LogP contribution >= 0.6 is 0 Å². The Morgan fingerprint density at radius 2 is 2.56 bits per heavy atom. The maximum atomic E-state index is 11.8. The predicted molar refractivity (Wildman–Crippen MR) is 61.1 cm³/mol. The van der Waals surface area contributed by atoms with E-state index in [0.29, 0.717) is 17.3 Å². The Morgan fingerprint density at radius 3 is 3.12 bits per heavy atom. The van der Waals surface area contributed by atoms with Gasteiger partial charge in [0.1, 0.15) is 5.69 Å². The van der Waals surface area contributed by atoms with Gasteiger partial charge in [0.05, 0.1) is 6.61 Å². The zero-order valence-electron chi connectivity index (χ0n) is 9.32. The summed E-state index contributed by atoms with van der Waals surface area (Å²) in [7, 11) is 0. The lowest BCUT2D eigenvalue weighted by Crippen LogP contribution is -2.38. The second-order valence-electron chi connectivity index (χ2n) is 4.23. The van der Waals surface area contributed by atoms with E-state index in [9.17, 15) is 4.79 Å². The van der Waals surface area contributed by atoms with Gasteiger partial charge in [0.15, 0.2) is 0 Å². The molecule has 1 fully saturated rings. The highest BCUT2D eigenvalue weighted by Crippen LogP contribution is 2.16. The number of nitrogen functional groups attached to an aromatic ring is 1. The number of H-pyrrole nitrogens is 1. The summed E-state index contributed by atoms with van der Waals surface area (Å²) < 4.78 is 5.29. The maximum Gasteiger partial charge on any atom is 0.267 e. The molecule has 1 amide bonds. The summed E-state index contributed by atoms with van der Waals surface area (Å²) in [5.41, 5.74) is 6.61. The summed E-state index contributed by atoms with van der Waals surface area (Å²) in [4.78, 5) is 14.6. The lowest BCUT2D eigenvalue weighted by molar-refractivity contribution is 0.0918. The molecule has 0 saturated carbocycles. The van der Waals surface area contributed by atoms with E-state index in [2.05, 4.69) is 10.3 Å². The molecule has 5 heteroatoms. The molecule has 0 aromatic carbocycles. The normalized spacial score (nSPS) is 21.9. The molecule has 1 aromatic rings. The molecule has 2 unspecified atom stereocenters. The highest BCUT2D eigenvalue weighted by molar-refractivity contribution is 5.93. The van der Waals surface area contributed by atoms with Crippen molar-refractivity contribution in [2.75, 3.05) is 18.9 Å². The summed E-state index contributed by atoms with van der Waals surface area (Å²) in [5.74, 6) is 0.298. The first kappa shape index (κ1) is 11.0. The summed E-state index contributed by atoms with van der Waals surface area (Å²) in [6, 6.07) is 1.76. The van der Waals surface area contributed by atoms with Crippen LogP contribution in [0.3, 0.4) is 0 Å². The van der Waals surface area contributed by atoms with Crippen LogP contribution in [-0.2, 0) is 4.74 Å². The minimum atomic E-state index is -0.115. The Hall–Kier alpha value is -1.49. The fourth-order valence-electron chi connectivity index (χ4n) is 1.89. The van der Waals surface area contributed by atoms with Gasteiger partial charge in [-0.1, -0.05) is 0 Å². The Labute approximate surface area is 94.4 Å². The van der Waals surface area contributed by atoms with E-state index < -0.39 is 0 Å². The van der Waals surface area contributed by atoms with Crippen molar-refractivity contribution in [2.45, 2.75) is 19.4 Å². The molecule has 88 valence electrons. The van der Waals surface area contributed by atoms with Gasteiger partial charge in [-0.2, -0.15) is 0 Å². The fourth-order valence-corrected chi connectivity index (χ4v) is 1.89. The van der Waals surface area contributed by atoms with Crippen LogP contribution in [0.25, 0.3) is 0 Å². The Morgan fingerprint density at radius 1 is 1.75 bits per heavy atom. The number of hydrogen-bond donors (Lipinski definition) is 3. The van der Waals surface area contributed by atoms with Gasteiger partial charge < -0.3 is 20.8 Å². The minimum absolute atomic E-state index is 0.115. The van der Waals surface area contributed by atoms with Crippen LogP contribution in [0, 0.1) is 5.92 Å². The molecule has 0 bridgehead atoms. The Kier molecular flexibility index (Phi) is 3.14. The number of carbonyl (C=O) groups is 1. The van der Waals surface area contributed by atoms with Gasteiger partial charge in [0.25, 0.3) is 5.91 Å². The molecule has 0 spiro atoms. The SMILES string of the molecule is CC(NC(=O)c1cc(N)c[nH]1)C1CCOC1. The molecule has 1 aromatic heterocycles. The molecule has 0 radical (unpaired) electrons. The van der Waals surface area contributed by atoms with Crippen LogP contribution < -0.4 is 11.1 Å². The van der Waals surface area contributed by atoms with E-state index in [1.165, 1.54) is 0 Å². The second kappa shape index (κ2) is 4.57. The molecule has 1 saturated heterocycles. The lowest BCUT2D eigenvalue weighted by Gasteiger charge is -2.18. The van der Waals surface area contributed by atoms with Crippen molar-refractivity contribution in [2.24, 2.45) is 5.92 Å². The lowest BCUT2D eigenvalue weighted by atomic mass is 10.0. The fraction of sp³-hybridized carbons (Fsp3) is 0.545. The summed E-state index contributed by atoms with van der Waals surface area (Å²) in [6.45, 7) is 3.53. The van der Waals surface area contributed by atoms with Gasteiger partial charge in [0.2, 0.25) is 0 Å². The van der Waals surface area contributed by atoms with Gasteiger partial charge in [-0.25, -0.2) is 0 Å². The van der Waals surface area contributed by atoms with Crippen molar-refractivity contribution >= 4 is 11.6 Å². The number of rotatable bonds is 3. The van der Waals surface area contributed by atoms with Crippen molar-refractivity contribution in [3.63, 3.8) is 0 Å². The molecule has 0 aliphatic carbocycles. The van der Waals surface area contributed by atoms with Gasteiger partial charge >= 0.3 is 0 Å². The molecule has 2 rings (SSSR count). The van der Waals surface area contributed by atoms with Gasteiger partial charge in [0, 0.05) is 30.5 Å². The van der Waals surface area contributed by atoms with Crippen LogP contribution in [0.1, 0.15) is 23.8 Å². The number of ether oxygens (including phenoxy) is 1. The number of aromatic nitrogens is 1. The van der Waals surface area contributed by atoms with Crippen LogP contribution in [0.4, 0.5) is 5.69 Å². The number of anilines is 1. The predicted octanol–water partition coefficient (Wildman–Crippen LogP) is 0.752. The van der Waals surface area contributed by atoms with Crippen LogP contribution in [0.5, 0.6) is 0 Å². The number of carbonyl (C=O) groups excluding carboxylic acids is 1. The number of nitrogens with one attached hydrogen (secondary N) is 2.